The van der Waals surface area contributed by atoms with Crippen LogP contribution in [-0.4, -0.2) is 22.5 Å². The molecule has 2 rings (SSSR count). The molecule has 1 atom stereocenters. The molecule has 0 aliphatic carbocycles. The van der Waals surface area contributed by atoms with E-state index >= 15 is 0 Å². The molecule has 2 nitrogen and oxygen atoms in total. The second-order valence-electron chi connectivity index (χ2n) is 15.6. The Labute approximate surface area is 302 Å². The number of hydrogen-bond acceptors (Lipinski definition) is 2. The average molecular weight is 665 g/mol. The summed E-state index contributed by atoms with van der Waals surface area (Å²) < 4.78 is 0. The van der Waals surface area contributed by atoms with E-state index < -0.39 is 0 Å². The molecule has 1 unspecified atom stereocenters. The molecule has 0 amide bonds. The smallest absolute Gasteiger partial charge is 0.101 e. The highest BCUT2D eigenvalue weighted by molar-refractivity contribution is 5.16. The number of benzene rings is 1. The number of nitrogens with zero attached hydrogens (tertiary/aromatic N) is 2. The second kappa shape index (κ2) is 32.7. The SMILES string of the molecule is CCCCCCCCCCCCCCCCCCCN1C=CN(Cc2ccccc2)C1CCCCCCCCCCCCCCCCC. The standard InChI is InChI=1S/C46H84N2/c1-3-5-7-9-11-13-15-17-19-20-22-24-26-28-30-32-37-41-47-42-43-48(44-45-38-34-33-35-39-45)46(47)40-36-31-29-27-25-23-21-18-16-14-12-10-8-6-4-2/h33-35,38-39,42-43,46H,3-32,36-37,40-41,44H2,1-2H3. The lowest BCUT2D eigenvalue weighted by molar-refractivity contribution is 0.132. The van der Waals surface area contributed by atoms with E-state index in [9.17, 15) is 0 Å². The van der Waals surface area contributed by atoms with Gasteiger partial charge < -0.3 is 9.80 Å². The van der Waals surface area contributed by atoms with E-state index in [0.29, 0.717) is 6.17 Å². The van der Waals surface area contributed by atoms with Gasteiger partial charge in [0.15, 0.2) is 0 Å². The zero-order valence-electron chi connectivity index (χ0n) is 32.8. The average Bonchev–Trinajstić information content (AvgIpc) is 3.48. The first kappa shape index (κ1) is 42.7. The Balaban J connectivity index is 1.49. The van der Waals surface area contributed by atoms with Crippen LogP contribution in [0.4, 0.5) is 0 Å². The Hall–Kier alpha value is -1.44. The Morgan fingerprint density at radius 1 is 0.375 bits per heavy atom. The lowest BCUT2D eigenvalue weighted by Gasteiger charge is -2.33. The molecule has 1 heterocycles. The quantitative estimate of drug-likeness (QED) is 0.0659. The van der Waals surface area contributed by atoms with Crippen LogP contribution < -0.4 is 0 Å². The van der Waals surface area contributed by atoms with Crippen LogP contribution in [0.2, 0.25) is 0 Å². The molecule has 1 aromatic rings. The minimum Gasteiger partial charge on any atom is -0.356 e. The van der Waals surface area contributed by atoms with Crippen molar-refractivity contribution in [2.45, 2.75) is 238 Å². The molecule has 48 heavy (non-hydrogen) atoms. The van der Waals surface area contributed by atoms with Gasteiger partial charge in [0.2, 0.25) is 0 Å². The maximum Gasteiger partial charge on any atom is 0.101 e. The predicted octanol–water partition coefficient (Wildman–Crippen LogP) is 15.5. The largest absolute Gasteiger partial charge is 0.356 e. The minimum absolute atomic E-state index is 0.549. The van der Waals surface area contributed by atoms with Crippen molar-refractivity contribution in [1.82, 2.24) is 9.80 Å². The topological polar surface area (TPSA) is 6.48 Å². The molecule has 0 saturated carbocycles. The second-order valence-corrected chi connectivity index (χ2v) is 15.6. The van der Waals surface area contributed by atoms with Crippen LogP contribution in [0, 0.1) is 0 Å². The molecule has 0 saturated heterocycles. The monoisotopic (exact) mass is 665 g/mol. The van der Waals surface area contributed by atoms with Gasteiger partial charge in [-0.15, -0.1) is 0 Å². The Bertz CT molecular complexity index is 804. The molecule has 1 aliphatic heterocycles. The Morgan fingerprint density at radius 3 is 1.10 bits per heavy atom. The van der Waals surface area contributed by atoms with Gasteiger partial charge in [-0.25, -0.2) is 0 Å². The maximum absolute atomic E-state index is 2.68. The van der Waals surface area contributed by atoms with Crippen LogP contribution in [0.15, 0.2) is 42.7 Å². The van der Waals surface area contributed by atoms with Crippen LogP contribution >= 0.6 is 0 Å². The fourth-order valence-corrected chi connectivity index (χ4v) is 7.79. The van der Waals surface area contributed by atoms with Gasteiger partial charge >= 0.3 is 0 Å². The summed E-state index contributed by atoms with van der Waals surface area (Å²) in [7, 11) is 0. The third-order valence-corrected chi connectivity index (χ3v) is 11.0. The van der Waals surface area contributed by atoms with Crippen LogP contribution in [0.1, 0.15) is 231 Å². The summed E-state index contributed by atoms with van der Waals surface area (Å²) in [6.07, 6.45) is 52.8. The molecule has 0 spiro atoms. The van der Waals surface area contributed by atoms with Crippen molar-refractivity contribution < 1.29 is 0 Å². The van der Waals surface area contributed by atoms with Gasteiger partial charge in [-0.3, -0.25) is 0 Å². The number of rotatable bonds is 36. The summed E-state index contributed by atoms with van der Waals surface area (Å²) >= 11 is 0. The van der Waals surface area contributed by atoms with Gasteiger partial charge in [-0.05, 0) is 24.8 Å². The molecular formula is C46H84N2. The molecule has 278 valence electrons. The summed E-state index contributed by atoms with van der Waals surface area (Å²) in [6.45, 7) is 6.88. The van der Waals surface area contributed by atoms with E-state index in [1.807, 2.05) is 0 Å². The molecule has 1 aromatic carbocycles. The van der Waals surface area contributed by atoms with Crippen molar-refractivity contribution in [2.75, 3.05) is 6.54 Å². The van der Waals surface area contributed by atoms with Crippen molar-refractivity contribution in [1.29, 1.82) is 0 Å². The van der Waals surface area contributed by atoms with Crippen molar-refractivity contribution >= 4 is 0 Å². The molecule has 1 aliphatic rings. The summed E-state index contributed by atoms with van der Waals surface area (Å²) in [6, 6.07) is 11.1. The highest BCUT2D eigenvalue weighted by Crippen LogP contribution is 2.25. The van der Waals surface area contributed by atoms with Crippen molar-refractivity contribution in [3.63, 3.8) is 0 Å². The summed E-state index contributed by atoms with van der Waals surface area (Å²) in [4.78, 5) is 5.30. The van der Waals surface area contributed by atoms with E-state index in [-0.39, 0.29) is 0 Å². The fourth-order valence-electron chi connectivity index (χ4n) is 7.79. The predicted molar refractivity (Wildman–Crippen MR) is 215 cm³/mol. The molecule has 0 aromatic heterocycles. The first-order chi connectivity index (χ1) is 23.8. The normalized spacial score (nSPS) is 14.5. The molecular weight excluding hydrogens is 581 g/mol. The van der Waals surface area contributed by atoms with Crippen LogP contribution in [-0.2, 0) is 6.54 Å². The van der Waals surface area contributed by atoms with E-state index in [4.69, 9.17) is 0 Å². The van der Waals surface area contributed by atoms with Gasteiger partial charge in [0.25, 0.3) is 0 Å². The third-order valence-electron chi connectivity index (χ3n) is 11.0. The zero-order valence-corrected chi connectivity index (χ0v) is 32.8. The van der Waals surface area contributed by atoms with Gasteiger partial charge in [0.1, 0.15) is 6.17 Å². The highest BCUT2D eigenvalue weighted by atomic mass is 15.4. The van der Waals surface area contributed by atoms with Gasteiger partial charge in [-0.2, -0.15) is 0 Å². The van der Waals surface area contributed by atoms with Gasteiger partial charge in [-0.1, -0.05) is 237 Å². The first-order valence-electron chi connectivity index (χ1n) is 22.1. The van der Waals surface area contributed by atoms with Crippen molar-refractivity contribution in [2.24, 2.45) is 0 Å². The Morgan fingerprint density at radius 2 is 0.708 bits per heavy atom. The zero-order chi connectivity index (χ0) is 34.0. The summed E-state index contributed by atoms with van der Waals surface area (Å²) in [5, 5.41) is 0. The first-order valence-corrected chi connectivity index (χ1v) is 22.1. The molecule has 0 radical (unpaired) electrons. The van der Waals surface area contributed by atoms with Crippen LogP contribution in [0.3, 0.4) is 0 Å². The van der Waals surface area contributed by atoms with E-state index in [0.717, 1.165) is 6.54 Å². The third kappa shape index (κ3) is 23.8. The summed E-state index contributed by atoms with van der Waals surface area (Å²) in [5.74, 6) is 0. The van der Waals surface area contributed by atoms with Crippen molar-refractivity contribution in [3.05, 3.63) is 48.3 Å². The fraction of sp³-hybridized carbons (Fsp3) is 0.826. The highest BCUT2D eigenvalue weighted by Gasteiger charge is 2.25. The lowest BCUT2D eigenvalue weighted by atomic mass is 10.0. The summed E-state index contributed by atoms with van der Waals surface area (Å²) in [5.41, 5.74) is 1.43. The maximum atomic E-state index is 2.68. The van der Waals surface area contributed by atoms with E-state index in [2.05, 4.69) is 66.4 Å². The van der Waals surface area contributed by atoms with Crippen LogP contribution in [0.25, 0.3) is 0 Å². The van der Waals surface area contributed by atoms with E-state index in [1.54, 1.807) is 0 Å². The molecule has 0 fully saturated rings. The van der Waals surface area contributed by atoms with Gasteiger partial charge in [0.05, 0.1) is 0 Å². The lowest BCUT2D eigenvalue weighted by Crippen LogP contribution is -2.38. The van der Waals surface area contributed by atoms with E-state index in [1.165, 1.54) is 224 Å². The number of unbranched alkanes of at least 4 members (excludes halogenated alkanes) is 30. The van der Waals surface area contributed by atoms with Crippen molar-refractivity contribution in [3.8, 4) is 0 Å². The van der Waals surface area contributed by atoms with Crippen LogP contribution in [0.5, 0.6) is 0 Å². The molecule has 0 N–H and O–H groups in total. The minimum atomic E-state index is 0.549. The Kier molecular flexibility index (Phi) is 29.1. The molecule has 0 bridgehead atoms. The molecule has 2 heteroatoms. The number of hydrogen-bond donors (Lipinski definition) is 0. The van der Waals surface area contributed by atoms with Gasteiger partial charge in [0, 0.05) is 25.5 Å².